The van der Waals surface area contributed by atoms with E-state index in [4.69, 9.17) is 13.8 Å². The fourth-order valence-electron chi connectivity index (χ4n) is 5.49. The Bertz CT molecular complexity index is 1950. The Hall–Kier alpha value is -4.01. The lowest BCUT2D eigenvalue weighted by molar-refractivity contribution is -0.673. The first-order valence-corrected chi connectivity index (χ1v) is 18.7. The number of aromatic nitrogens is 1. The van der Waals surface area contributed by atoms with E-state index in [2.05, 4.69) is 21.0 Å². The van der Waals surface area contributed by atoms with Gasteiger partial charge in [-0.25, -0.2) is 0 Å². The highest BCUT2D eigenvalue weighted by Gasteiger charge is 2.29. The number of hydrogen-bond acceptors (Lipinski definition) is 9. The van der Waals surface area contributed by atoms with Gasteiger partial charge >= 0.3 is 0 Å². The average Bonchev–Trinajstić information content (AvgIpc) is 3.40. The third-order valence-electron chi connectivity index (χ3n) is 7.77. The van der Waals surface area contributed by atoms with Crippen molar-refractivity contribution in [3.63, 3.8) is 0 Å². The molecule has 0 amide bonds. The van der Waals surface area contributed by atoms with Gasteiger partial charge in [0.25, 0.3) is 20.2 Å². The van der Waals surface area contributed by atoms with Crippen molar-refractivity contribution in [2.24, 2.45) is 0 Å². The molecule has 0 fully saturated rings. The van der Waals surface area contributed by atoms with Gasteiger partial charge < -0.3 is 14.4 Å². The summed E-state index contributed by atoms with van der Waals surface area (Å²) in [4.78, 5) is 2.06. The number of hydroxylamine groups is 1. The van der Waals surface area contributed by atoms with Crippen LogP contribution in [0, 0.1) is 0 Å². The molecular formula is C34H40N3O8S2+. The van der Waals surface area contributed by atoms with Crippen molar-refractivity contribution in [2.45, 2.75) is 39.2 Å². The summed E-state index contributed by atoms with van der Waals surface area (Å²) in [5.74, 6) is 1.55. The Labute approximate surface area is 276 Å². The van der Waals surface area contributed by atoms with Gasteiger partial charge in [0.1, 0.15) is 12.3 Å². The van der Waals surface area contributed by atoms with E-state index in [1.165, 1.54) is 0 Å². The van der Waals surface area contributed by atoms with E-state index in [1.807, 2.05) is 78.9 Å². The Kier molecular flexibility index (Phi) is 11.1. The largest absolute Gasteiger partial charge is 0.497 e. The van der Waals surface area contributed by atoms with Crippen molar-refractivity contribution in [3.05, 3.63) is 90.4 Å². The number of anilines is 1. The molecule has 11 nitrogen and oxygen atoms in total. The zero-order chi connectivity index (χ0) is 33.4. The van der Waals surface area contributed by atoms with Gasteiger partial charge in [0.05, 0.1) is 35.8 Å². The van der Waals surface area contributed by atoms with Crippen molar-refractivity contribution >= 4 is 42.9 Å². The monoisotopic (exact) mass is 682 g/mol. The number of methoxy groups -OCH3 is 1. The fourth-order valence-corrected chi connectivity index (χ4v) is 7.00. The Morgan fingerprint density at radius 3 is 2.43 bits per heavy atom. The van der Waals surface area contributed by atoms with Crippen LogP contribution in [0.15, 0.2) is 84.7 Å². The third kappa shape index (κ3) is 9.08. The average molecular weight is 683 g/mol. The van der Waals surface area contributed by atoms with E-state index in [9.17, 15) is 21.4 Å². The van der Waals surface area contributed by atoms with Crippen molar-refractivity contribution in [1.82, 2.24) is 5.48 Å². The maximum Gasteiger partial charge on any atom is 0.283 e. The SMILES string of the molecule is CCNOS(=O)(=O)CCCCN1/C(=C/c2ccc3cc(OC)ccc3[n+]2CCCCS(=O)(=O)O)Oc2ccc(-c3ccccc3)cc21. The van der Waals surface area contributed by atoms with Crippen LogP contribution in [0.3, 0.4) is 0 Å². The Balaban J connectivity index is 1.49. The maximum absolute atomic E-state index is 12.2. The van der Waals surface area contributed by atoms with E-state index in [1.54, 1.807) is 14.0 Å². The molecule has 0 spiro atoms. The molecule has 47 heavy (non-hydrogen) atoms. The summed E-state index contributed by atoms with van der Waals surface area (Å²) in [5, 5.41) is 0.947. The lowest BCUT2D eigenvalue weighted by Crippen LogP contribution is -2.38. The van der Waals surface area contributed by atoms with Crippen LogP contribution >= 0.6 is 0 Å². The molecule has 13 heteroatoms. The van der Waals surface area contributed by atoms with E-state index >= 15 is 0 Å². The number of ether oxygens (including phenoxy) is 2. The number of nitrogens with one attached hydrogen (secondary N) is 1. The number of nitrogens with zero attached hydrogens (tertiary/aromatic N) is 2. The van der Waals surface area contributed by atoms with Crippen LogP contribution < -0.4 is 24.4 Å². The van der Waals surface area contributed by atoms with Crippen LogP contribution in [0.1, 0.15) is 38.3 Å². The molecule has 1 aromatic heterocycles. The summed E-state index contributed by atoms with van der Waals surface area (Å²) in [7, 11) is -6.14. The van der Waals surface area contributed by atoms with Gasteiger partial charge in [0.2, 0.25) is 17.1 Å². The molecular weight excluding hydrogens is 643 g/mol. The number of pyridine rings is 1. The molecule has 0 saturated carbocycles. The summed E-state index contributed by atoms with van der Waals surface area (Å²) in [5.41, 5.74) is 7.11. The maximum atomic E-state index is 12.2. The summed E-state index contributed by atoms with van der Waals surface area (Å²) in [6.45, 7) is 3.12. The van der Waals surface area contributed by atoms with Gasteiger partial charge in [0, 0.05) is 31.6 Å². The second-order valence-corrected chi connectivity index (χ2v) is 14.4. The topological polar surface area (TPSA) is 135 Å². The van der Waals surface area contributed by atoms with Gasteiger partial charge in [-0.1, -0.05) is 43.3 Å². The standard InChI is InChI=1S/C34H39N3O8S2/c1-3-35-45-47(41,42)22-10-8-20-37-32-24-27(26-11-5-4-6-12-26)14-18-33(32)44-34(37)25-29-15-13-28-23-30(43-2)16-17-31(28)36(29)19-7-9-21-46(38,39)40/h4-6,11-18,23-25,35H,3,7-10,19-22H2,1-2H3/p+1. The molecule has 2 heterocycles. The second kappa shape index (κ2) is 15.3. The van der Waals surface area contributed by atoms with Crippen molar-refractivity contribution in [3.8, 4) is 22.6 Å². The fraction of sp³-hybridized carbons (Fsp3) is 0.324. The number of hydrogen-bond donors (Lipinski definition) is 2. The second-order valence-electron chi connectivity index (χ2n) is 11.2. The first-order valence-electron chi connectivity index (χ1n) is 15.5. The Morgan fingerprint density at radius 2 is 1.68 bits per heavy atom. The molecule has 0 radical (unpaired) electrons. The van der Waals surface area contributed by atoms with Crippen LogP contribution in [-0.4, -0.2) is 53.1 Å². The molecule has 1 aliphatic heterocycles. The molecule has 1 aliphatic rings. The van der Waals surface area contributed by atoms with Crippen molar-refractivity contribution in [1.29, 1.82) is 0 Å². The van der Waals surface area contributed by atoms with Crippen LogP contribution in [0.4, 0.5) is 5.69 Å². The smallest absolute Gasteiger partial charge is 0.283 e. The number of rotatable bonds is 16. The molecule has 0 unspecified atom stereocenters. The molecule has 5 rings (SSSR count). The lowest BCUT2D eigenvalue weighted by atomic mass is 10.0. The van der Waals surface area contributed by atoms with Crippen LogP contribution in [0.25, 0.3) is 28.1 Å². The van der Waals surface area contributed by atoms with Gasteiger partial charge in [-0.2, -0.15) is 31.2 Å². The quantitative estimate of drug-likeness (QED) is 0.0692. The van der Waals surface area contributed by atoms with Crippen LogP contribution in [0.5, 0.6) is 11.5 Å². The summed E-state index contributed by atoms with van der Waals surface area (Å²) < 4.78 is 75.2. The summed E-state index contributed by atoms with van der Waals surface area (Å²) in [6.07, 6.45) is 3.69. The highest BCUT2D eigenvalue weighted by molar-refractivity contribution is 7.86. The highest BCUT2D eigenvalue weighted by atomic mass is 32.2. The zero-order valence-electron chi connectivity index (χ0n) is 26.5. The van der Waals surface area contributed by atoms with Crippen LogP contribution in [0.2, 0.25) is 0 Å². The van der Waals surface area contributed by atoms with Gasteiger partial charge in [0.15, 0.2) is 5.75 Å². The number of aryl methyl sites for hydroxylation is 1. The Morgan fingerprint density at radius 1 is 0.894 bits per heavy atom. The van der Waals surface area contributed by atoms with Crippen molar-refractivity contribution in [2.75, 3.05) is 36.6 Å². The van der Waals surface area contributed by atoms with E-state index < -0.39 is 20.2 Å². The molecule has 250 valence electrons. The van der Waals surface area contributed by atoms with E-state index in [-0.39, 0.29) is 11.5 Å². The lowest BCUT2D eigenvalue weighted by Gasteiger charge is -2.19. The van der Waals surface area contributed by atoms with E-state index in [0.29, 0.717) is 57.0 Å². The van der Waals surface area contributed by atoms with Gasteiger partial charge in [-0.05, 0) is 60.7 Å². The molecule has 2 N–H and O–H groups in total. The number of benzene rings is 3. The van der Waals surface area contributed by atoms with Gasteiger partial charge in [-0.3, -0.25) is 4.55 Å². The highest BCUT2D eigenvalue weighted by Crippen LogP contribution is 2.42. The molecule has 4 aromatic rings. The number of unbranched alkanes of at least 4 members (excludes halogenated alkanes) is 2. The first kappa shape index (κ1) is 34.3. The predicted molar refractivity (Wildman–Crippen MR) is 182 cm³/mol. The molecule has 0 saturated heterocycles. The molecule has 0 bridgehead atoms. The predicted octanol–water partition coefficient (Wildman–Crippen LogP) is 5.32. The molecule has 3 aromatic carbocycles. The molecule has 0 aliphatic carbocycles. The van der Waals surface area contributed by atoms with Crippen molar-refractivity contribution < 1.29 is 39.7 Å². The van der Waals surface area contributed by atoms with E-state index in [0.717, 1.165) is 39.2 Å². The normalized spacial score (nSPS) is 14.0. The minimum absolute atomic E-state index is 0.123. The first-order chi connectivity index (χ1) is 22.6. The van der Waals surface area contributed by atoms with Crippen LogP contribution in [-0.2, 0) is 31.1 Å². The number of fused-ring (bicyclic) bond motifs is 2. The minimum atomic E-state index is -4.06. The third-order valence-corrected chi connectivity index (χ3v) is 9.73. The summed E-state index contributed by atoms with van der Waals surface area (Å²) in [6, 6.07) is 25.8. The molecule has 0 atom stereocenters. The van der Waals surface area contributed by atoms with Gasteiger partial charge in [-0.15, -0.1) is 0 Å². The minimum Gasteiger partial charge on any atom is -0.497 e. The summed E-state index contributed by atoms with van der Waals surface area (Å²) >= 11 is 0. The zero-order valence-corrected chi connectivity index (χ0v) is 28.1.